The molecular formula is C64H78N8O11S2. The highest BCUT2D eigenvalue weighted by atomic mass is 32.2. The molecule has 19 nitrogen and oxygen atoms in total. The number of unbranched alkanes of at least 4 members (excludes halogenated alkanes) is 2. The fourth-order valence-electron chi connectivity index (χ4n) is 13.0. The second-order valence-electron chi connectivity index (χ2n) is 23.1. The number of carboxylic acids is 1. The van der Waals surface area contributed by atoms with Gasteiger partial charge in [0.15, 0.2) is 0 Å². The second-order valence-corrected chi connectivity index (χ2v) is 26.6. The van der Waals surface area contributed by atoms with Crippen LogP contribution in [0.5, 0.6) is 11.5 Å². The quantitative estimate of drug-likeness (QED) is 0.0680. The summed E-state index contributed by atoms with van der Waals surface area (Å²) in [5.41, 5.74) is 11.7. The number of rotatable bonds is 13. The number of ether oxygens (including phenoxy) is 2. The average Bonchev–Trinajstić information content (AvgIpc) is 1.69. The van der Waals surface area contributed by atoms with Crippen molar-refractivity contribution in [3.8, 4) is 34.0 Å². The first-order chi connectivity index (χ1) is 40.8. The summed E-state index contributed by atoms with van der Waals surface area (Å²) in [6.45, 7) is 2.15. The molecule has 2 saturated carbocycles. The highest BCUT2D eigenvalue weighted by Gasteiger charge is 2.34. The maximum atomic E-state index is 13.6. The zero-order valence-electron chi connectivity index (χ0n) is 49.0. The van der Waals surface area contributed by atoms with Crippen LogP contribution in [0.15, 0.2) is 83.9 Å². The molecular weight excluding hydrogens is 1120 g/mol. The zero-order chi connectivity index (χ0) is 60.2. The number of fused-ring (bicyclic) bond motifs is 9. The Kier molecular flexibility index (Phi) is 18.7. The van der Waals surface area contributed by atoms with Gasteiger partial charge in [0.05, 0.1) is 44.3 Å². The third-order valence-corrected chi connectivity index (χ3v) is 20.1. The summed E-state index contributed by atoms with van der Waals surface area (Å²) >= 11 is 0. The molecule has 3 aliphatic heterocycles. The molecule has 0 spiro atoms. The lowest BCUT2D eigenvalue weighted by Gasteiger charge is -2.24. The first-order valence-corrected chi connectivity index (χ1v) is 32.7. The van der Waals surface area contributed by atoms with Crippen molar-refractivity contribution in [2.75, 3.05) is 54.5 Å². The molecule has 0 unspecified atom stereocenters. The fraction of sp³-hybridized carbons (Fsp3) is 0.438. The zero-order valence-corrected chi connectivity index (χ0v) is 50.6. The third-order valence-electron chi connectivity index (χ3n) is 17.6. The van der Waals surface area contributed by atoms with Crippen LogP contribution in [-0.2, 0) is 43.1 Å². The standard InChI is InChI=1S/C32H40N4O6S.C32H38N4O5S/c1-35(43(33,40)41)16-8-4-7-15-34-31(37)24-17-23-18-25(42-2)12-14-26(23)30-29(21-9-5-3-6-10-21)27-13-11-22(32(38)39)19-28(27)36(30)20-24;1-35-16-8-4-7-15-33-31(37)24-17-23-18-25(41-2)12-14-26(23)30-29(21-9-5-3-6-10-21)27-13-11-22(19-28(27)36(30)20-24)32(38)34-42(35,39)40/h11-14,17-19,21H,3-10,15-16,20H2,1-2H3,(H,34,37)(H,38,39)(H2,33,40,41);11-14,17-19,21H,3-10,15-16,20H2,1-2H3,(H,33,37)(H,34,38). The molecule has 5 heterocycles. The van der Waals surface area contributed by atoms with Crippen molar-refractivity contribution in [2.45, 2.75) is 128 Å². The van der Waals surface area contributed by atoms with Crippen LogP contribution in [0.4, 0.5) is 0 Å². The van der Waals surface area contributed by atoms with Gasteiger partial charge < -0.3 is 34.3 Å². The van der Waals surface area contributed by atoms with E-state index in [-0.39, 0.29) is 29.5 Å². The van der Waals surface area contributed by atoms with Crippen LogP contribution in [0.25, 0.3) is 56.5 Å². The van der Waals surface area contributed by atoms with Crippen LogP contribution < -0.4 is 30.0 Å². The van der Waals surface area contributed by atoms with Crippen molar-refractivity contribution < 1.29 is 50.6 Å². The van der Waals surface area contributed by atoms with E-state index in [9.17, 15) is 41.1 Å². The molecule has 4 aromatic carbocycles. The summed E-state index contributed by atoms with van der Waals surface area (Å²) in [5, 5.41) is 23.1. The Balaban J connectivity index is 0.000000189. The number of carboxylic acid groups (broad SMARTS) is 1. The molecule has 3 amide bonds. The van der Waals surface area contributed by atoms with E-state index in [2.05, 4.69) is 30.6 Å². The number of carbonyl (C=O) groups is 4. The summed E-state index contributed by atoms with van der Waals surface area (Å²) in [5.74, 6) is 0.115. The maximum Gasteiger partial charge on any atom is 0.335 e. The molecule has 2 aliphatic carbocycles. The molecule has 85 heavy (non-hydrogen) atoms. The number of methoxy groups -OCH3 is 2. The summed E-state index contributed by atoms with van der Waals surface area (Å²) in [4.78, 5) is 52.5. The summed E-state index contributed by atoms with van der Waals surface area (Å²) in [7, 11) is -1.52. The molecule has 4 bridgehead atoms. The summed E-state index contributed by atoms with van der Waals surface area (Å²) in [6.07, 6.45) is 19.4. The molecule has 0 saturated heterocycles. The Morgan fingerprint density at radius 3 is 1.89 bits per heavy atom. The highest BCUT2D eigenvalue weighted by Crippen LogP contribution is 2.49. The minimum Gasteiger partial charge on any atom is -0.497 e. The van der Waals surface area contributed by atoms with Gasteiger partial charge in [0.25, 0.3) is 16.1 Å². The van der Waals surface area contributed by atoms with Gasteiger partial charge in [-0.15, -0.1) is 0 Å². The van der Waals surface area contributed by atoms with E-state index in [0.717, 1.165) is 130 Å². The van der Waals surface area contributed by atoms with Crippen molar-refractivity contribution >= 4 is 78.1 Å². The lowest BCUT2D eigenvalue weighted by Crippen LogP contribution is -2.41. The predicted molar refractivity (Wildman–Crippen MR) is 331 cm³/mol. The Morgan fingerprint density at radius 1 is 0.718 bits per heavy atom. The van der Waals surface area contributed by atoms with Crippen molar-refractivity contribution in [1.29, 1.82) is 0 Å². The number of carbonyl (C=O) groups excluding carboxylic acids is 3. The van der Waals surface area contributed by atoms with Crippen LogP contribution in [0, 0.1) is 0 Å². The van der Waals surface area contributed by atoms with Gasteiger partial charge in [-0.3, -0.25) is 14.4 Å². The Labute approximate surface area is 498 Å². The van der Waals surface area contributed by atoms with Gasteiger partial charge in [-0.05, 0) is 158 Å². The predicted octanol–water partition coefficient (Wildman–Crippen LogP) is 9.85. The first kappa shape index (κ1) is 60.8. The van der Waals surface area contributed by atoms with Crippen molar-refractivity contribution in [3.63, 3.8) is 0 Å². The monoisotopic (exact) mass is 1200 g/mol. The van der Waals surface area contributed by atoms with Gasteiger partial charge in [-0.1, -0.05) is 63.5 Å². The van der Waals surface area contributed by atoms with E-state index in [1.807, 2.05) is 54.6 Å². The van der Waals surface area contributed by atoms with Gasteiger partial charge in [0, 0.05) is 89.9 Å². The van der Waals surface area contributed by atoms with Crippen LogP contribution in [0.2, 0.25) is 0 Å². The fourth-order valence-corrected chi connectivity index (χ4v) is 14.3. The number of aromatic nitrogens is 2. The van der Waals surface area contributed by atoms with Gasteiger partial charge in [-0.2, -0.15) is 25.4 Å². The number of hydrogen-bond donors (Lipinski definition) is 5. The topological polar surface area (TPSA) is 254 Å². The number of nitrogens with zero attached hydrogens (tertiary/aromatic N) is 4. The van der Waals surface area contributed by atoms with Crippen LogP contribution >= 0.6 is 0 Å². The highest BCUT2D eigenvalue weighted by molar-refractivity contribution is 7.87. The number of amides is 3. The Morgan fingerprint density at radius 2 is 1.29 bits per heavy atom. The summed E-state index contributed by atoms with van der Waals surface area (Å²) in [6, 6.07) is 22.7. The largest absolute Gasteiger partial charge is 0.497 e. The van der Waals surface area contributed by atoms with E-state index >= 15 is 0 Å². The van der Waals surface area contributed by atoms with Crippen LogP contribution in [0.1, 0.15) is 158 Å². The van der Waals surface area contributed by atoms with Crippen molar-refractivity contribution in [2.24, 2.45) is 5.14 Å². The minimum absolute atomic E-state index is 0.129. The SMILES string of the molecule is COc1ccc2c(c1)C=C(C(=O)NCCCCCN(C)S(N)(=O)=O)Cn1c-2c(C2CCCCC2)c2ccc(C(=O)O)cc21.COc1ccc2c(c1)C=C1Cn3c-2c(C2CCCCC2)c2ccc(cc23)C(=O)NS(=O)(=O)N(C)CCCCCNC1=O. The average molecular weight is 1200 g/mol. The van der Waals surface area contributed by atoms with Crippen LogP contribution in [-0.4, -0.2) is 118 Å². The van der Waals surface area contributed by atoms with Gasteiger partial charge in [0.2, 0.25) is 11.8 Å². The molecule has 21 heteroatoms. The van der Waals surface area contributed by atoms with Crippen molar-refractivity contribution in [3.05, 3.63) is 117 Å². The molecule has 452 valence electrons. The molecule has 0 atom stereocenters. The van der Waals surface area contributed by atoms with E-state index in [4.69, 9.17) is 14.6 Å². The normalized spacial score (nSPS) is 17.9. The molecule has 0 radical (unpaired) electrons. The van der Waals surface area contributed by atoms with E-state index in [1.165, 1.54) is 42.4 Å². The molecule has 5 aliphatic rings. The smallest absolute Gasteiger partial charge is 0.335 e. The van der Waals surface area contributed by atoms with Gasteiger partial charge in [0.1, 0.15) is 11.5 Å². The number of nitrogens with one attached hydrogen (secondary N) is 3. The van der Waals surface area contributed by atoms with Gasteiger partial charge >= 0.3 is 16.2 Å². The number of nitrogens with two attached hydrogens (primary N) is 1. The molecule has 6 N–H and O–H groups in total. The third kappa shape index (κ3) is 13.3. The number of benzene rings is 4. The van der Waals surface area contributed by atoms with E-state index < -0.39 is 32.3 Å². The Bertz CT molecular complexity index is 3850. The van der Waals surface area contributed by atoms with E-state index in [0.29, 0.717) is 86.5 Å². The Hall–Kier alpha value is -7.30. The molecule has 2 aromatic heterocycles. The van der Waals surface area contributed by atoms with Crippen molar-refractivity contribution in [1.82, 2.24) is 33.1 Å². The lowest BCUT2D eigenvalue weighted by molar-refractivity contribution is -0.118. The first-order valence-electron chi connectivity index (χ1n) is 29.8. The number of aromatic carboxylic acids is 1. The molecule has 2 fully saturated rings. The number of hydrogen-bond acceptors (Lipinski definition) is 10. The maximum absolute atomic E-state index is 13.6. The van der Waals surface area contributed by atoms with Gasteiger partial charge in [-0.25, -0.2) is 14.7 Å². The second kappa shape index (κ2) is 26.1. The molecule has 11 rings (SSSR count). The lowest BCUT2D eigenvalue weighted by atomic mass is 9.81. The minimum atomic E-state index is -4.00. The molecule has 6 aromatic rings. The van der Waals surface area contributed by atoms with E-state index in [1.54, 1.807) is 38.5 Å². The summed E-state index contributed by atoms with van der Waals surface area (Å²) < 4.78 is 68.6. The van der Waals surface area contributed by atoms with Crippen LogP contribution in [0.3, 0.4) is 0 Å².